The number of likely N-dealkylation sites (tertiary alicyclic amines) is 1. The normalized spacial score (nSPS) is 23.8. The molecule has 1 heterocycles. The maximum atomic E-state index is 8.74. The van der Waals surface area contributed by atoms with E-state index >= 15 is 0 Å². The molecule has 1 aromatic rings. The van der Waals surface area contributed by atoms with Gasteiger partial charge in [0.15, 0.2) is 0 Å². The van der Waals surface area contributed by atoms with E-state index in [0.717, 1.165) is 12.3 Å². The summed E-state index contributed by atoms with van der Waals surface area (Å²) in [5.41, 5.74) is 0.672. The van der Waals surface area contributed by atoms with Crippen LogP contribution in [0.15, 0.2) is 24.3 Å². The minimum Gasteiger partial charge on any atom is -0.492 e. The van der Waals surface area contributed by atoms with Gasteiger partial charge in [0.05, 0.1) is 11.6 Å². The number of rotatable bonds is 4. The van der Waals surface area contributed by atoms with Gasteiger partial charge < -0.3 is 4.74 Å². The first kappa shape index (κ1) is 13.9. The summed E-state index contributed by atoms with van der Waals surface area (Å²) < 4.78 is 5.75. The summed E-state index contributed by atoms with van der Waals surface area (Å²) in [7, 11) is 0. The number of hydrogen-bond acceptors (Lipinski definition) is 3. The van der Waals surface area contributed by atoms with Gasteiger partial charge in [-0.1, -0.05) is 6.42 Å². The number of hydrogen-bond donors (Lipinski definition) is 0. The van der Waals surface area contributed by atoms with E-state index in [1.807, 2.05) is 12.1 Å². The molecule has 0 bridgehead atoms. The summed E-state index contributed by atoms with van der Waals surface area (Å²) >= 11 is 0. The van der Waals surface area contributed by atoms with Crippen LogP contribution in [-0.4, -0.2) is 30.1 Å². The molecule has 19 heavy (non-hydrogen) atoms. The van der Waals surface area contributed by atoms with Crippen molar-refractivity contribution in [2.24, 2.45) is 0 Å². The topological polar surface area (TPSA) is 36.3 Å². The van der Waals surface area contributed by atoms with Crippen molar-refractivity contribution in [3.05, 3.63) is 29.8 Å². The average molecular weight is 258 g/mol. The zero-order chi connectivity index (χ0) is 13.7. The molecular formula is C16H22N2O. The Labute approximate surface area is 115 Å². The number of nitrogens with zero attached hydrogens (tertiary/aromatic N) is 2. The lowest BCUT2D eigenvalue weighted by Crippen LogP contribution is -2.45. The van der Waals surface area contributed by atoms with Crippen molar-refractivity contribution in [2.75, 3.05) is 13.2 Å². The molecule has 0 amide bonds. The van der Waals surface area contributed by atoms with Crippen LogP contribution >= 0.6 is 0 Å². The molecule has 3 heteroatoms. The lowest BCUT2D eigenvalue weighted by atomic mass is 9.98. The molecule has 3 nitrogen and oxygen atoms in total. The van der Waals surface area contributed by atoms with Gasteiger partial charge >= 0.3 is 0 Å². The van der Waals surface area contributed by atoms with E-state index in [4.69, 9.17) is 10.00 Å². The van der Waals surface area contributed by atoms with Crippen molar-refractivity contribution in [1.82, 2.24) is 4.90 Å². The third-order valence-corrected chi connectivity index (χ3v) is 3.98. The van der Waals surface area contributed by atoms with Crippen LogP contribution in [0.25, 0.3) is 0 Å². The predicted molar refractivity (Wildman–Crippen MR) is 76.1 cm³/mol. The molecule has 2 atom stereocenters. The van der Waals surface area contributed by atoms with Gasteiger partial charge in [-0.25, -0.2) is 0 Å². The number of ether oxygens (including phenoxy) is 1. The Hall–Kier alpha value is -1.53. The van der Waals surface area contributed by atoms with Crippen LogP contribution in [0, 0.1) is 11.3 Å². The molecule has 0 aliphatic carbocycles. The third kappa shape index (κ3) is 3.71. The van der Waals surface area contributed by atoms with Crippen LogP contribution < -0.4 is 4.74 Å². The Morgan fingerprint density at radius 3 is 2.42 bits per heavy atom. The van der Waals surface area contributed by atoms with E-state index in [9.17, 15) is 0 Å². The van der Waals surface area contributed by atoms with Crippen LogP contribution in [-0.2, 0) is 0 Å². The van der Waals surface area contributed by atoms with Crippen molar-refractivity contribution in [3.8, 4) is 11.8 Å². The van der Waals surface area contributed by atoms with Crippen LogP contribution in [0.3, 0.4) is 0 Å². The molecule has 1 fully saturated rings. The van der Waals surface area contributed by atoms with Crippen LogP contribution in [0.4, 0.5) is 0 Å². The fourth-order valence-corrected chi connectivity index (χ4v) is 2.81. The van der Waals surface area contributed by atoms with E-state index in [2.05, 4.69) is 24.8 Å². The van der Waals surface area contributed by atoms with Crippen molar-refractivity contribution in [1.29, 1.82) is 5.26 Å². The largest absolute Gasteiger partial charge is 0.492 e. The molecule has 0 radical (unpaired) electrons. The summed E-state index contributed by atoms with van der Waals surface area (Å²) in [6.07, 6.45) is 3.93. The molecule has 1 saturated heterocycles. The minimum absolute atomic E-state index is 0.660. The first-order chi connectivity index (χ1) is 9.20. The lowest BCUT2D eigenvalue weighted by Gasteiger charge is -2.38. The molecular weight excluding hydrogens is 236 g/mol. The van der Waals surface area contributed by atoms with Gasteiger partial charge in [-0.15, -0.1) is 0 Å². The Morgan fingerprint density at radius 2 is 1.84 bits per heavy atom. The average Bonchev–Trinajstić information content (AvgIpc) is 2.43. The van der Waals surface area contributed by atoms with E-state index < -0.39 is 0 Å². The summed E-state index contributed by atoms with van der Waals surface area (Å²) in [5.74, 6) is 0.844. The standard InChI is InChI=1S/C16H22N2O/c1-13-4-3-5-14(2)18(13)10-11-19-16-8-6-15(12-17)7-9-16/h6-9,13-14H,3-5,10-11H2,1-2H3/t13-,14+. The molecule has 0 spiro atoms. The third-order valence-electron chi connectivity index (χ3n) is 3.98. The minimum atomic E-state index is 0.660. The molecule has 1 aliphatic rings. The Bertz CT molecular complexity index is 425. The summed E-state index contributed by atoms with van der Waals surface area (Å²) in [5, 5.41) is 8.74. The van der Waals surface area contributed by atoms with Crippen LogP contribution in [0.5, 0.6) is 5.75 Å². The molecule has 0 unspecified atom stereocenters. The van der Waals surface area contributed by atoms with Gasteiger partial charge in [-0.05, 0) is 51.0 Å². The molecule has 2 rings (SSSR count). The van der Waals surface area contributed by atoms with E-state index in [-0.39, 0.29) is 0 Å². The molecule has 0 N–H and O–H groups in total. The first-order valence-corrected chi connectivity index (χ1v) is 7.09. The molecule has 0 saturated carbocycles. The Kier molecular flexibility index (Phi) is 4.81. The van der Waals surface area contributed by atoms with Crippen LogP contribution in [0.2, 0.25) is 0 Å². The van der Waals surface area contributed by atoms with E-state index in [0.29, 0.717) is 24.3 Å². The fourth-order valence-electron chi connectivity index (χ4n) is 2.81. The van der Waals surface area contributed by atoms with E-state index in [1.54, 1.807) is 12.1 Å². The summed E-state index contributed by atoms with van der Waals surface area (Å²) in [6, 6.07) is 10.7. The highest BCUT2D eigenvalue weighted by atomic mass is 16.5. The van der Waals surface area contributed by atoms with Crippen LogP contribution in [0.1, 0.15) is 38.7 Å². The highest BCUT2D eigenvalue weighted by molar-refractivity contribution is 5.34. The molecule has 1 aromatic carbocycles. The molecule has 0 aromatic heterocycles. The van der Waals surface area contributed by atoms with Crippen molar-refractivity contribution >= 4 is 0 Å². The zero-order valence-corrected chi connectivity index (χ0v) is 11.8. The second-order valence-corrected chi connectivity index (χ2v) is 5.35. The monoisotopic (exact) mass is 258 g/mol. The molecule has 102 valence electrons. The number of piperidine rings is 1. The van der Waals surface area contributed by atoms with Crippen molar-refractivity contribution in [2.45, 2.75) is 45.2 Å². The highest BCUT2D eigenvalue weighted by Gasteiger charge is 2.23. The van der Waals surface area contributed by atoms with Crippen molar-refractivity contribution < 1.29 is 4.74 Å². The van der Waals surface area contributed by atoms with Gasteiger partial charge in [-0.3, -0.25) is 4.90 Å². The molecule has 1 aliphatic heterocycles. The van der Waals surface area contributed by atoms with Gasteiger partial charge in [-0.2, -0.15) is 5.26 Å². The summed E-state index contributed by atoms with van der Waals surface area (Å²) in [4.78, 5) is 2.53. The Morgan fingerprint density at radius 1 is 1.21 bits per heavy atom. The van der Waals surface area contributed by atoms with Crippen molar-refractivity contribution in [3.63, 3.8) is 0 Å². The highest BCUT2D eigenvalue weighted by Crippen LogP contribution is 2.22. The SMILES string of the molecule is C[C@@H]1CCC[C@H](C)N1CCOc1ccc(C#N)cc1. The maximum absolute atomic E-state index is 8.74. The fraction of sp³-hybridized carbons (Fsp3) is 0.562. The van der Waals surface area contributed by atoms with Gasteiger partial charge in [0.25, 0.3) is 0 Å². The van der Waals surface area contributed by atoms with Gasteiger partial charge in [0.1, 0.15) is 12.4 Å². The Balaban J connectivity index is 1.80. The second kappa shape index (κ2) is 6.58. The summed E-state index contributed by atoms with van der Waals surface area (Å²) in [6.45, 7) is 6.29. The smallest absolute Gasteiger partial charge is 0.119 e. The quantitative estimate of drug-likeness (QED) is 0.832. The van der Waals surface area contributed by atoms with Gasteiger partial charge in [0.2, 0.25) is 0 Å². The predicted octanol–water partition coefficient (Wildman–Crippen LogP) is 3.20. The number of benzene rings is 1. The van der Waals surface area contributed by atoms with Gasteiger partial charge in [0, 0.05) is 18.6 Å². The first-order valence-electron chi connectivity index (χ1n) is 7.09. The lowest BCUT2D eigenvalue weighted by molar-refractivity contribution is 0.0851. The number of nitriles is 1. The second-order valence-electron chi connectivity index (χ2n) is 5.35. The van der Waals surface area contributed by atoms with E-state index in [1.165, 1.54) is 19.3 Å². The zero-order valence-electron chi connectivity index (χ0n) is 11.8. The maximum Gasteiger partial charge on any atom is 0.119 e.